The molecule has 0 saturated heterocycles. The number of rotatable bonds is 6. The highest BCUT2D eigenvalue weighted by Crippen LogP contribution is 2.31. The fraction of sp³-hybridized carbons (Fsp3) is 0.353. The highest BCUT2D eigenvalue weighted by Gasteiger charge is 2.11. The number of hydrogen-bond acceptors (Lipinski definition) is 4. The lowest BCUT2D eigenvalue weighted by molar-refractivity contribution is 0.230. The lowest BCUT2D eigenvalue weighted by Crippen LogP contribution is -2.20. The SMILES string of the molecule is COc1ccc(CC(CN)CO)cc1-c1ccnc(C)c1. The van der Waals surface area contributed by atoms with Crippen molar-refractivity contribution in [1.29, 1.82) is 0 Å². The predicted octanol–water partition coefficient (Wildman–Crippen LogP) is 2.18. The Labute approximate surface area is 125 Å². The zero-order valence-corrected chi connectivity index (χ0v) is 12.5. The van der Waals surface area contributed by atoms with E-state index >= 15 is 0 Å². The molecule has 1 heterocycles. The average Bonchev–Trinajstić information content (AvgIpc) is 2.52. The van der Waals surface area contributed by atoms with E-state index in [9.17, 15) is 5.11 Å². The summed E-state index contributed by atoms with van der Waals surface area (Å²) in [4.78, 5) is 4.23. The van der Waals surface area contributed by atoms with Crippen LogP contribution in [0.3, 0.4) is 0 Å². The zero-order chi connectivity index (χ0) is 15.2. The van der Waals surface area contributed by atoms with E-state index in [1.54, 1.807) is 13.3 Å². The second-order valence-corrected chi connectivity index (χ2v) is 5.21. The van der Waals surface area contributed by atoms with Gasteiger partial charge in [0.2, 0.25) is 0 Å². The summed E-state index contributed by atoms with van der Waals surface area (Å²) < 4.78 is 5.46. The summed E-state index contributed by atoms with van der Waals surface area (Å²) in [5, 5.41) is 9.30. The Morgan fingerprint density at radius 2 is 2.10 bits per heavy atom. The van der Waals surface area contributed by atoms with Crippen molar-refractivity contribution in [2.75, 3.05) is 20.3 Å². The van der Waals surface area contributed by atoms with Gasteiger partial charge in [0.1, 0.15) is 5.75 Å². The molecule has 0 saturated carbocycles. The molecule has 0 bridgehead atoms. The standard InChI is InChI=1S/C17H22N2O2/c1-12-7-15(5-6-19-12)16-9-13(3-4-17(16)21-2)8-14(10-18)11-20/h3-7,9,14,20H,8,10-11,18H2,1-2H3. The molecule has 2 aromatic rings. The summed E-state index contributed by atoms with van der Waals surface area (Å²) in [5.41, 5.74) is 9.89. The molecule has 0 radical (unpaired) electrons. The van der Waals surface area contributed by atoms with E-state index in [1.807, 2.05) is 31.2 Å². The summed E-state index contributed by atoms with van der Waals surface area (Å²) in [6.45, 7) is 2.55. The van der Waals surface area contributed by atoms with Crippen molar-refractivity contribution in [3.8, 4) is 16.9 Å². The van der Waals surface area contributed by atoms with E-state index in [4.69, 9.17) is 10.5 Å². The number of aliphatic hydroxyl groups is 1. The van der Waals surface area contributed by atoms with Crippen LogP contribution in [0.1, 0.15) is 11.3 Å². The van der Waals surface area contributed by atoms with Crippen molar-refractivity contribution < 1.29 is 9.84 Å². The first kappa shape index (κ1) is 15.5. The van der Waals surface area contributed by atoms with Crippen molar-refractivity contribution in [2.45, 2.75) is 13.3 Å². The number of aliphatic hydroxyl groups excluding tert-OH is 1. The lowest BCUT2D eigenvalue weighted by atomic mass is 9.96. The number of benzene rings is 1. The topological polar surface area (TPSA) is 68.4 Å². The van der Waals surface area contributed by atoms with E-state index in [0.29, 0.717) is 6.54 Å². The van der Waals surface area contributed by atoms with Gasteiger partial charge < -0.3 is 15.6 Å². The Morgan fingerprint density at radius 3 is 2.71 bits per heavy atom. The minimum atomic E-state index is 0.0884. The summed E-state index contributed by atoms with van der Waals surface area (Å²) in [6, 6.07) is 10.1. The molecular weight excluding hydrogens is 264 g/mol. The third-order valence-corrected chi connectivity index (χ3v) is 3.59. The van der Waals surface area contributed by atoms with Gasteiger partial charge >= 0.3 is 0 Å². The van der Waals surface area contributed by atoms with Crippen molar-refractivity contribution in [3.63, 3.8) is 0 Å². The van der Waals surface area contributed by atoms with Gasteiger partial charge in [-0.15, -0.1) is 0 Å². The van der Waals surface area contributed by atoms with Crippen LogP contribution in [0.25, 0.3) is 11.1 Å². The first-order valence-electron chi connectivity index (χ1n) is 7.08. The minimum absolute atomic E-state index is 0.0884. The molecule has 4 heteroatoms. The highest BCUT2D eigenvalue weighted by molar-refractivity contribution is 5.71. The quantitative estimate of drug-likeness (QED) is 0.854. The number of aromatic nitrogens is 1. The molecule has 3 N–H and O–H groups in total. The van der Waals surface area contributed by atoms with Gasteiger partial charge in [-0.3, -0.25) is 4.98 Å². The maximum atomic E-state index is 9.30. The molecule has 21 heavy (non-hydrogen) atoms. The van der Waals surface area contributed by atoms with E-state index in [1.165, 1.54) is 0 Å². The molecule has 0 aliphatic carbocycles. The molecule has 0 aliphatic rings. The lowest BCUT2D eigenvalue weighted by Gasteiger charge is -2.15. The van der Waals surface area contributed by atoms with Crippen LogP contribution in [-0.4, -0.2) is 30.4 Å². The molecular formula is C17H22N2O2. The Balaban J connectivity index is 2.38. The Kier molecular flexibility index (Phi) is 5.31. The van der Waals surface area contributed by atoms with Gasteiger partial charge in [0.25, 0.3) is 0 Å². The maximum Gasteiger partial charge on any atom is 0.126 e. The molecule has 112 valence electrons. The second kappa shape index (κ2) is 7.20. The molecule has 4 nitrogen and oxygen atoms in total. The smallest absolute Gasteiger partial charge is 0.126 e. The molecule has 1 atom stereocenters. The first-order valence-corrected chi connectivity index (χ1v) is 7.08. The van der Waals surface area contributed by atoms with Gasteiger partial charge in [0.05, 0.1) is 7.11 Å². The highest BCUT2D eigenvalue weighted by atomic mass is 16.5. The van der Waals surface area contributed by atoms with Gasteiger partial charge in [-0.25, -0.2) is 0 Å². The third-order valence-electron chi connectivity index (χ3n) is 3.59. The number of nitrogens with two attached hydrogens (primary N) is 1. The van der Waals surface area contributed by atoms with E-state index in [-0.39, 0.29) is 12.5 Å². The van der Waals surface area contributed by atoms with Gasteiger partial charge in [-0.05, 0) is 61.2 Å². The average molecular weight is 286 g/mol. The molecule has 0 aliphatic heterocycles. The molecule has 1 unspecified atom stereocenters. The molecule has 2 rings (SSSR count). The fourth-order valence-corrected chi connectivity index (χ4v) is 2.38. The Bertz CT molecular complexity index is 595. The molecule has 1 aromatic heterocycles. The van der Waals surface area contributed by atoms with Crippen LogP contribution in [0, 0.1) is 12.8 Å². The molecule has 0 spiro atoms. The van der Waals surface area contributed by atoms with Gasteiger partial charge in [-0.1, -0.05) is 6.07 Å². The first-order chi connectivity index (χ1) is 10.2. The Hall–Kier alpha value is -1.91. The number of methoxy groups -OCH3 is 1. The van der Waals surface area contributed by atoms with E-state index in [2.05, 4.69) is 11.1 Å². The van der Waals surface area contributed by atoms with E-state index < -0.39 is 0 Å². The number of hydrogen-bond donors (Lipinski definition) is 2. The van der Waals surface area contributed by atoms with Crippen LogP contribution in [0.15, 0.2) is 36.5 Å². The zero-order valence-electron chi connectivity index (χ0n) is 12.5. The molecule has 1 aromatic carbocycles. The summed E-state index contributed by atoms with van der Waals surface area (Å²) in [7, 11) is 1.67. The van der Waals surface area contributed by atoms with Crippen LogP contribution in [0.2, 0.25) is 0 Å². The number of nitrogens with zero attached hydrogens (tertiary/aromatic N) is 1. The van der Waals surface area contributed by atoms with Crippen LogP contribution >= 0.6 is 0 Å². The summed E-state index contributed by atoms with van der Waals surface area (Å²) in [5.74, 6) is 0.920. The van der Waals surface area contributed by atoms with Crippen LogP contribution in [0.5, 0.6) is 5.75 Å². The van der Waals surface area contributed by atoms with Crippen LogP contribution < -0.4 is 10.5 Å². The Morgan fingerprint density at radius 1 is 1.29 bits per heavy atom. The van der Waals surface area contributed by atoms with Gasteiger partial charge in [-0.2, -0.15) is 0 Å². The third kappa shape index (κ3) is 3.80. The van der Waals surface area contributed by atoms with Crippen molar-refractivity contribution in [3.05, 3.63) is 47.8 Å². The minimum Gasteiger partial charge on any atom is -0.496 e. The number of aryl methyl sites for hydroxylation is 1. The normalized spacial score (nSPS) is 12.2. The summed E-state index contributed by atoms with van der Waals surface area (Å²) in [6.07, 6.45) is 2.56. The predicted molar refractivity (Wildman–Crippen MR) is 84.3 cm³/mol. The van der Waals surface area contributed by atoms with Crippen molar-refractivity contribution in [2.24, 2.45) is 11.7 Å². The molecule has 0 amide bonds. The largest absolute Gasteiger partial charge is 0.496 e. The van der Waals surface area contributed by atoms with E-state index in [0.717, 1.165) is 34.6 Å². The molecule has 0 fully saturated rings. The fourth-order valence-electron chi connectivity index (χ4n) is 2.38. The summed E-state index contributed by atoms with van der Waals surface area (Å²) >= 11 is 0. The number of pyridine rings is 1. The van der Waals surface area contributed by atoms with Crippen molar-refractivity contribution >= 4 is 0 Å². The van der Waals surface area contributed by atoms with Crippen LogP contribution in [0.4, 0.5) is 0 Å². The van der Waals surface area contributed by atoms with Crippen molar-refractivity contribution in [1.82, 2.24) is 4.98 Å². The monoisotopic (exact) mass is 286 g/mol. The van der Waals surface area contributed by atoms with Gasteiger partial charge in [0, 0.05) is 24.1 Å². The number of ether oxygens (including phenoxy) is 1. The maximum absolute atomic E-state index is 9.30. The van der Waals surface area contributed by atoms with Crippen LogP contribution in [-0.2, 0) is 6.42 Å². The second-order valence-electron chi connectivity index (χ2n) is 5.21. The van der Waals surface area contributed by atoms with Gasteiger partial charge in [0.15, 0.2) is 0 Å².